The highest BCUT2D eigenvalue weighted by Gasteiger charge is 2.29. The number of aromatic nitrogens is 4. The van der Waals surface area contributed by atoms with Crippen molar-refractivity contribution in [1.29, 1.82) is 0 Å². The molecule has 0 unspecified atom stereocenters. The van der Waals surface area contributed by atoms with Gasteiger partial charge in [-0.3, -0.25) is 0 Å². The number of hydrogen-bond donors (Lipinski definition) is 0. The molecule has 0 fully saturated rings. The third kappa shape index (κ3) is 1.67. The van der Waals surface area contributed by atoms with Crippen LogP contribution in [0.3, 0.4) is 0 Å². The van der Waals surface area contributed by atoms with Crippen molar-refractivity contribution >= 4 is 39.8 Å². The van der Waals surface area contributed by atoms with Crippen molar-refractivity contribution in [3.63, 3.8) is 0 Å². The number of allylic oxidation sites excluding steroid dienone is 1. The van der Waals surface area contributed by atoms with E-state index >= 15 is 0 Å². The van der Waals surface area contributed by atoms with E-state index in [4.69, 9.17) is 13.1 Å². The summed E-state index contributed by atoms with van der Waals surface area (Å²) < 4.78 is 0. The van der Waals surface area contributed by atoms with E-state index in [1.54, 1.807) is 0 Å². The van der Waals surface area contributed by atoms with Gasteiger partial charge in [-0.1, -0.05) is 49.6 Å². The molecule has 0 saturated carbocycles. The molecule has 4 aromatic rings. The van der Waals surface area contributed by atoms with E-state index < -0.39 is 0 Å². The number of rotatable bonds is 0. The molecule has 0 aliphatic heterocycles. The first-order valence-corrected chi connectivity index (χ1v) is 8.39. The highest BCUT2D eigenvalue weighted by atomic mass is 15.1. The fourth-order valence-electron chi connectivity index (χ4n) is 4.01. The van der Waals surface area contributed by atoms with Gasteiger partial charge in [0.05, 0.1) is 0 Å². The van der Waals surface area contributed by atoms with E-state index in [1.165, 1.54) is 16.5 Å². The average Bonchev–Trinajstić information content (AvgIpc) is 3.03. The van der Waals surface area contributed by atoms with Crippen LogP contribution in [0.5, 0.6) is 0 Å². The van der Waals surface area contributed by atoms with Crippen molar-refractivity contribution in [3.8, 4) is 22.5 Å². The van der Waals surface area contributed by atoms with Crippen molar-refractivity contribution in [2.24, 2.45) is 0 Å². The van der Waals surface area contributed by atoms with Crippen LogP contribution in [0.15, 0.2) is 30.3 Å². The van der Waals surface area contributed by atoms with Gasteiger partial charge in [-0.15, -0.1) is 9.97 Å². The molecule has 0 bridgehead atoms. The number of nitrogens with zero attached hydrogens (tertiary/aromatic N) is 6. The zero-order chi connectivity index (χ0) is 18.1. The van der Waals surface area contributed by atoms with Crippen LogP contribution in [0.1, 0.15) is 11.1 Å². The van der Waals surface area contributed by atoms with Crippen LogP contribution in [0, 0.1) is 13.1 Å². The SMILES string of the molecule is [C-]#[N+]c1nc2nc3c(nc2nc1[N+]#[C-])-c1ccc2c4c(ccc-3c14)C=CC2. The normalized spacial score (nSPS) is 12.8. The van der Waals surface area contributed by atoms with Gasteiger partial charge < -0.3 is 9.69 Å². The first-order chi connectivity index (χ1) is 13.3. The lowest BCUT2D eigenvalue weighted by Gasteiger charge is -2.13. The van der Waals surface area contributed by atoms with E-state index in [9.17, 15) is 0 Å². The molecule has 0 spiro atoms. The first kappa shape index (κ1) is 14.1. The molecule has 0 N–H and O–H groups in total. The lowest BCUT2D eigenvalue weighted by Crippen LogP contribution is -1.95. The predicted molar refractivity (Wildman–Crippen MR) is 102 cm³/mol. The summed E-state index contributed by atoms with van der Waals surface area (Å²) in [5.74, 6) is -0.0748. The summed E-state index contributed by atoms with van der Waals surface area (Å²) in [6.45, 7) is 14.4. The van der Waals surface area contributed by atoms with E-state index in [1.807, 2.05) is 0 Å². The van der Waals surface area contributed by atoms with Crippen molar-refractivity contribution in [2.45, 2.75) is 6.42 Å². The standard InChI is InChI=1S/C21H8N6/c1-22-18-19(23-2)27-21-20(26-18)24-16-12-8-6-10-4-3-5-11-7-9-13(17(16)25-21)15(12)14(10)11/h3-4,6-9H,5H2. The van der Waals surface area contributed by atoms with Crippen LogP contribution >= 0.6 is 0 Å². The van der Waals surface area contributed by atoms with Crippen LogP contribution < -0.4 is 0 Å². The maximum absolute atomic E-state index is 7.21. The van der Waals surface area contributed by atoms with Gasteiger partial charge in [0, 0.05) is 16.5 Å². The quantitative estimate of drug-likeness (QED) is 0.375. The van der Waals surface area contributed by atoms with Crippen molar-refractivity contribution in [3.05, 3.63) is 64.3 Å². The van der Waals surface area contributed by atoms with Gasteiger partial charge in [-0.2, -0.15) is 9.97 Å². The molecule has 2 heterocycles. The summed E-state index contributed by atoms with van der Waals surface area (Å²) in [5.41, 5.74) is 6.68. The Morgan fingerprint density at radius 2 is 1.37 bits per heavy atom. The van der Waals surface area contributed by atoms with Crippen molar-refractivity contribution in [1.82, 2.24) is 19.9 Å². The Hall–Kier alpha value is -4.16. The van der Waals surface area contributed by atoms with Gasteiger partial charge in [0.1, 0.15) is 11.4 Å². The summed E-state index contributed by atoms with van der Waals surface area (Å²) in [4.78, 5) is 24.4. The van der Waals surface area contributed by atoms with Crippen LogP contribution in [0.4, 0.5) is 11.6 Å². The second-order valence-electron chi connectivity index (χ2n) is 6.49. The maximum atomic E-state index is 7.21. The minimum Gasteiger partial charge on any atom is -0.370 e. The Morgan fingerprint density at radius 1 is 0.741 bits per heavy atom. The number of fused-ring (bicyclic) bond motifs is 4. The molecule has 2 aliphatic carbocycles. The van der Waals surface area contributed by atoms with E-state index in [2.05, 4.69) is 66.0 Å². The van der Waals surface area contributed by atoms with Gasteiger partial charge in [0.2, 0.25) is 0 Å². The molecule has 0 amide bonds. The lowest BCUT2D eigenvalue weighted by atomic mass is 9.90. The fraction of sp³-hybridized carbons (Fsp3) is 0.0476. The Balaban J connectivity index is 1.75. The van der Waals surface area contributed by atoms with Gasteiger partial charge in [-0.05, 0) is 22.9 Å². The molecule has 6 heteroatoms. The Bertz CT molecular complexity index is 1400. The molecule has 6 nitrogen and oxygen atoms in total. The summed E-state index contributed by atoms with van der Waals surface area (Å²) in [6, 6.07) is 8.42. The average molecular weight is 344 g/mol. The zero-order valence-corrected chi connectivity index (χ0v) is 13.9. The molecule has 122 valence electrons. The van der Waals surface area contributed by atoms with Crippen LogP contribution in [-0.4, -0.2) is 19.9 Å². The summed E-state index contributed by atoms with van der Waals surface area (Å²) in [6.07, 6.45) is 5.25. The smallest absolute Gasteiger partial charge is 0.316 e. The summed E-state index contributed by atoms with van der Waals surface area (Å²) in [5, 5.41) is 2.41. The maximum Gasteiger partial charge on any atom is 0.316 e. The largest absolute Gasteiger partial charge is 0.370 e. The number of benzene rings is 2. The summed E-state index contributed by atoms with van der Waals surface area (Å²) >= 11 is 0. The molecule has 0 saturated heterocycles. The molecule has 0 atom stereocenters. The monoisotopic (exact) mass is 344 g/mol. The van der Waals surface area contributed by atoms with Crippen LogP contribution in [-0.2, 0) is 6.42 Å². The molecule has 2 aromatic heterocycles. The van der Waals surface area contributed by atoms with Crippen LogP contribution in [0.25, 0.3) is 60.3 Å². The Labute approximate surface area is 153 Å². The molecule has 6 rings (SSSR count). The highest BCUT2D eigenvalue weighted by Crippen LogP contribution is 2.48. The molecule has 0 radical (unpaired) electrons. The molecular formula is C21H8N6. The fourth-order valence-corrected chi connectivity index (χ4v) is 4.01. The van der Waals surface area contributed by atoms with Gasteiger partial charge >= 0.3 is 11.3 Å². The molecule has 2 aliphatic rings. The van der Waals surface area contributed by atoms with Gasteiger partial charge in [0.25, 0.3) is 11.6 Å². The third-order valence-electron chi connectivity index (χ3n) is 5.12. The van der Waals surface area contributed by atoms with Crippen molar-refractivity contribution in [2.75, 3.05) is 0 Å². The van der Waals surface area contributed by atoms with Crippen molar-refractivity contribution < 1.29 is 0 Å². The van der Waals surface area contributed by atoms with Gasteiger partial charge in [0.15, 0.2) is 0 Å². The first-order valence-electron chi connectivity index (χ1n) is 8.39. The minimum atomic E-state index is -0.0374. The predicted octanol–water partition coefficient (Wildman–Crippen LogP) is 4.89. The van der Waals surface area contributed by atoms with Gasteiger partial charge in [-0.25, -0.2) is 0 Å². The minimum absolute atomic E-state index is 0.0374. The zero-order valence-electron chi connectivity index (χ0n) is 13.9. The van der Waals surface area contributed by atoms with E-state index in [0.717, 1.165) is 34.3 Å². The molecule has 2 aromatic carbocycles. The highest BCUT2D eigenvalue weighted by molar-refractivity contribution is 6.17. The third-order valence-corrected chi connectivity index (χ3v) is 5.12. The molecular weight excluding hydrogens is 336 g/mol. The second kappa shape index (κ2) is 4.72. The Kier molecular flexibility index (Phi) is 2.46. The van der Waals surface area contributed by atoms with Crippen LogP contribution in [0.2, 0.25) is 0 Å². The second-order valence-corrected chi connectivity index (χ2v) is 6.49. The molecule has 27 heavy (non-hydrogen) atoms. The van der Waals surface area contributed by atoms with E-state index in [0.29, 0.717) is 11.3 Å². The Morgan fingerprint density at radius 3 is 2.00 bits per heavy atom. The van der Waals surface area contributed by atoms with E-state index in [-0.39, 0.29) is 11.6 Å². The topological polar surface area (TPSA) is 60.3 Å². The summed E-state index contributed by atoms with van der Waals surface area (Å²) in [7, 11) is 0. The lowest BCUT2D eigenvalue weighted by molar-refractivity contribution is 1.19. The number of hydrogen-bond acceptors (Lipinski definition) is 4.